The van der Waals surface area contributed by atoms with Gasteiger partial charge in [0, 0.05) is 50.9 Å². The van der Waals surface area contributed by atoms with Gasteiger partial charge in [0.15, 0.2) is 0 Å². The van der Waals surface area contributed by atoms with Crippen LogP contribution in [0.5, 0.6) is 0 Å². The fraction of sp³-hybridized carbons (Fsp3) is 0.500. The highest BCUT2D eigenvalue weighted by Crippen LogP contribution is 2.23. The highest BCUT2D eigenvalue weighted by Gasteiger charge is 2.31. The second kappa shape index (κ2) is 7.60. The van der Waals surface area contributed by atoms with Crippen LogP contribution in [0, 0.1) is 6.92 Å². The summed E-state index contributed by atoms with van der Waals surface area (Å²) in [5, 5.41) is 3.39. The molecule has 1 unspecified atom stereocenters. The Kier molecular flexibility index (Phi) is 5.04. The molecule has 0 bridgehead atoms. The van der Waals surface area contributed by atoms with Gasteiger partial charge in [0.1, 0.15) is 5.76 Å². The second-order valence-electron chi connectivity index (χ2n) is 7.13. The van der Waals surface area contributed by atoms with Gasteiger partial charge in [-0.05, 0) is 25.5 Å². The molecule has 2 aliphatic heterocycles. The van der Waals surface area contributed by atoms with Gasteiger partial charge in [-0.25, -0.2) is 4.98 Å². The van der Waals surface area contributed by atoms with Crippen molar-refractivity contribution in [3.05, 3.63) is 41.8 Å². The van der Waals surface area contributed by atoms with Crippen LogP contribution in [0.15, 0.2) is 34.7 Å². The molecule has 1 amide bonds. The molecule has 0 spiro atoms. The first-order valence-corrected chi connectivity index (χ1v) is 9.45. The van der Waals surface area contributed by atoms with Crippen LogP contribution in [-0.4, -0.2) is 66.0 Å². The number of nitrogens with zero attached hydrogens (tertiary/aromatic N) is 3. The predicted octanol–water partition coefficient (Wildman–Crippen LogP) is 1.70. The number of aryl methyl sites for hydroxylation is 1. The summed E-state index contributed by atoms with van der Waals surface area (Å²) in [6.45, 7) is 7.81. The van der Waals surface area contributed by atoms with Crippen LogP contribution < -0.4 is 5.32 Å². The number of amides is 1. The van der Waals surface area contributed by atoms with Gasteiger partial charge in [-0.1, -0.05) is 18.2 Å². The smallest absolute Gasteiger partial charge is 0.228 e. The van der Waals surface area contributed by atoms with Gasteiger partial charge in [0.05, 0.1) is 12.1 Å². The first-order valence-electron chi connectivity index (χ1n) is 9.45. The Morgan fingerprint density at radius 1 is 1.23 bits per heavy atom. The maximum absolute atomic E-state index is 12.8. The molecule has 0 radical (unpaired) electrons. The molecule has 2 aliphatic rings. The Balaban J connectivity index is 1.38. The van der Waals surface area contributed by atoms with E-state index >= 15 is 0 Å². The zero-order valence-electron chi connectivity index (χ0n) is 15.3. The predicted molar refractivity (Wildman–Crippen MR) is 99.8 cm³/mol. The van der Waals surface area contributed by atoms with Gasteiger partial charge >= 0.3 is 0 Å². The fourth-order valence-corrected chi connectivity index (χ4v) is 3.86. The number of benzene rings is 1. The van der Waals surface area contributed by atoms with Gasteiger partial charge in [0.2, 0.25) is 11.8 Å². The molecule has 1 N–H and O–H groups in total. The van der Waals surface area contributed by atoms with Crippen LogP contribution in [0.2, 0.25) is 0 Å². The molecule has 2 fully saturated rings. The van der Waals surface area contributed by atoms with E-state index in [1.165, 1.54) is 0 Å². The van der Waals surface area contributed by atoms with Crippen LogP contribution in [0.3, 0.4) is 0 Å². The van der Waals surface area contributed by atoms with E-state index in [0.29, 0.717) is 18.4 Å². The Morgan fingerprint density at radius 3 is 2.77 bits per heavy atom. The molecular weight excluding hydrogens is 328 g/mol. The summed E-state index contributed by atoms with van der Waals surface area (Å²) in [5.74, 6) is 1.47. The summed E-state index contributed by atoms with van der Waals surface area (Å²) in [6, 6.07) is 10.3. The molecule has 138 valence electrons. The SMILES string of the molecule is Cc1oc(-c2ccccc2)nc1CC(=O)N1CCC(N2CCNCC2)C1. The van der Waals surface area contributed by atoms with Crippen molar-refractivity contribution in [1.29, 1.82) is 0 Å². The lowest BCUT2D eigenvalue weighted by molar-refractivity contribution is -0.129. The molecule has 26 heavy (non-hydrogen) atoms. The van der Waals surface area contributed by atoms with E-state index in [-0.39, 0.29) is 5.91 Å². The van der Waals surface area contributed by atoms with Gasteiger partial charge in [-0.3, -0.25) is 9.69 Å². The molecule has 2 saturated heterocycles. The topological polar surface area (TPSA) is 61.6 Å². The molecular formula is C20H26N4O2. The molecule has 2 aromatic rings. The number of rotatable bonds is 4. The maximum Gasteiger partial charge on any atom is 0.228 e. The second-order valence-corrected chi connectivity index (χ2v) is 7.13. The van der Waals surface area contributed by atoms with E-state index in [9.17, 15) is 4.79 Å². The van der Waals surface area contributed by atoms with Gasteiger partial charge in [-0.15, -0.1) is 0 Å². The molecule has 1 atom stereocenters. The van der Waals surface area contributed by atoms with Crippen molar-refractivity contribution in [2.45, 2.75) is 25.8 Å². The van der Waals surface area contributed by atoms with Gasteiger partial charge in [0.25, 0.3) is 0 Å². The average Bonchev–Trinajstić information content (AvgIpc) is 3.31. The first kappa shape index (κ1) is 17.2. The summed E-state index contributed by atoms with van der Waals surface area (Å²) in [6.07, 6.45) is 1.38. The molecule has 6 nitrogen and oxygen atoms in total. The van der Waals surface area contributed by atoms with E-state index in [1.54, 1.807) is 0 Å². The monoisotopic (exact) mass is 354 g/mol. The third-order valence-corrected chi connectivity index (χ3v) is 5.42. The molecule has 1 aromatic heterocycles. The standard InChI is InChI=1S/C20H26N4O2/c1-15-18(22-20(26-15)16-5-3-2-4-6-16)13-19(25)24-10-7-17(14-24)23-11-8-21-9-12-23/h2-6,17,21H,7-14H2,1H3. The highest BCUT2D eigenvalue weighted by atomic mass is 16.4. The molecule has 3 heterocycles. The van der Waals surface area contributed by atoms with Crippen LogP contribution in [0.1, 0.15) is 17.9 Å². The number of likely N-dealkylation sites (tertiary alicyclic amines) is 1. The summed E-state index contributed by atoms with van der Waals surface area (Å²) < 4.78 is 5.78. The zero-order chi connectivity index (χ0) is 17.9. The Bertz CT molecular complexity index is 752. The third kappa shape index (κ3) is 3.66. The van der Waals surface area contributed by atoms with Gasteiger partial charge in [-0.2, -0.15) is 0 Å². The number of aromatic nitrogens is 1. The number of hydrogen-bond acceptors (Lipinski definition) is 5. The lowest BCUT2D eigenvalue weighted by Gasteiger charge is -2.32. The van der Waals surface area contributed by atoms with Crippen LogP contribution in [0.25, 0.3) is 11.5 Å². The minimum Gasteiger partial charge on any atom is -0.441 e. The Labute approximate surface area is 154 Å². The van der Waals surface area contributed by atoms with E-state index in [0.717, 1.165) is 62.7 Å². The van der Waals surface area contributed by atoms with Crippen molar-refractivity contribution < 1.29 is 9.21 Å². The average molecular weight is 354 g/mol. The largest absolute Gasteiger partial charge is 0.441 e. The number of hydrogen-bond donors (Lipinski definition) is 1. The highest BCUT2D eigenvalue weighted by molar-refractivity contribution is 5.79. The summed E-state index contributed by atoms with van der Waals surface area (Å²) in [4.78, 5) is 21.8. The third-order valence-electron chi connectivity index (χ3n) is 5.42. The van der Waals surface area contributed by atoms with Crippen molar-refractivity contribution in [3.63, 3.8) is 0 Å². The van der Waals surface area contributed by atoms with E-state index in [2.05, 4.69) is 15.2 Å². The molecule has 1 aromatic carbocycles. The van der Waals surface area contributed by atoms with E-state index < -0.39 is 0 Å². The van der Waals surface area contributed by atoms with E-state index in [1.807, 2.05) is 42.2 Å². The number of carbonyl (C=O) groups is 1. The first-order chi connectivity index (χ1) is 12.7. The lowest BCUT2D eigenvalue weighted by atomic mass is 10.2. The summed E-state index contributed by atoms with van der Waals surface area (Å²) in [5.41, 5.74) is 1.69. The number of nitrogens with one attached hydrogen (secondary N) is 1. The Morgan fingerprint density at radius 2 is 2.00 bits per heavy atom. The summed E-state index contributed by atoms with van der Waals surface area (Å²) in [7, 11) is 0. The van der Waals surface area contributed by atoms with Crippen LogP contribution in [-0.2, 0) is 11.2 Å². The van der Waals surface area contributed by atoms with Crippen molar-refractivity contribution in [1.82, 2.24) is 20.1 Å². The number of piperazine rings is 1. The fourth-order valence-electron chi connectivity index (χ4n) is 3.86. The molecule has 4 rings (SSSR count). The molecule has 6 heteroatoms. The minimum absolute atomic E-state index is 0.152. The quantitative estimate of drug-likeness (QED) is 0.906. The summed E-state index contributed by atoms with van der Waals surface area (Å²) >= 11 is 0. The maximum atomic E-state index is 12.8. The lowest BCUT2D eigenvalue weighted by Crippen LogP contribution is -2.49. The van der Waals surface area contributed by atoms with Crippen LogP contribution >= 0.6 is 0 Å². The van der Waals surface area contributed by atoms with Crippen molar-refractivity contribution in [2.75, 3.05) is 39.3 Å². The normalized spacial score (nSPS) is 21.3. The van der Waals surface area contributed by atoms with E-state index in [4.69, 9.17) is 4.42 Å². The molecule has 0 saturated carbocycles. The van der Waals surface area contributed by atoms with Crippen LogP contribution in [0.4, 0.5) is 0 Å². The minimum atomic E-state index is 0.152. The molecule has 0 aliphatic carbocycles. The van der Waals surface area contributed by atoms with Crippen molar-refractivity contribution in [3.8, 4) is 11.5 Å². The van der Waals surface area contributed by atoms with Crippen molar-refractivity contribution in [2.24, 2.45) is 0 Å². The van der Waals surface area contributed by atoms with Gasteiger partial charge < -0.3 is 14.6 Å². The number of carbonyl (C=O) groups excluding carboxylic acids is 1. The number of oxazole rings is 1. The Hall–Kier alpha value is -2.18. The zero-order valence-corrected chi connectivity index (χ0v) is 15.3. The van der Waals surface area contributed by atoms with Crippen molar-refractivity contribution >= 4 is 5.91 Å².